The number of anilines is 1. The predicted molar refractivity (Wildman–Crippen MR) is 77.9 cm³/mol. The summed E-state index contributed by atoms with van der Waals surface area (Å²) in [4.78, 5) is 14.6. The molecule has 1 aromatic carbocycles. The van der Waals surface area contributed by atoms with E-state index in [2.05, 4.69) is 9.71 Å². The number of carbonyl (C=O) groups is 1. The van der Waals surface area contributed by atoms with Crippen molar-refractivity contribution in [3.8, 4) is 0 Å². The van der Waals surface area contributed by atoms with E-state index < -0.39 is 16.0 Å². The molecule has 0 atom stereocenters. The number of carboxylic acid groups (broad SMARTS) is 1. The van der Waals surface area contributed by atoms with Gasteiger partial charge in [0.15, 0.2) is 0 Å². The number of hydrogen-bond acceptors (Lipinski definition) is 4. The second kappa shape index (κ2) is 5.53. The maximum atomic E-state index is 12.3. The molecule has 0 saturated carbocycles. The molecule has 0 unspecified atom stereocenters. The summed E-state index contributed by atoms with van der Waals surface area (Å²) < 4.78 is 26.8. The molecule has 1 heterocycles. The molecule has 1 aromatic heterocycles. The first kappa shape index (κ1) is 15.0. The zero-order valence-electron chi connectivity index (χ0n) is 11.5. The van der Waals surface area contributed by atoms with E-state index in [1.807, 2.05) is 19.9 Å². The van der Waals surface area contributed by atoms with Gasteiger partial charge >= 0.3 is 5.97 Å². The van der Waals surface area contributed by atoms with Crippen molar-refractivity contribution >= 4 is 21.8 Å². The highest BCUT2D eigenvalue weighted by Gasteiger charge is 2.16. The minimum atomic E-state index is -3.75. The number of aromatic nitrogens is 1. The second-order valence-electron chi connectivity index (χ2n) is 4.67. The first-order chi connectivity index (χ1) is 9.78. The quantitative estimate of drug-likeness (QED) is 0.902. The van der Waals surface area contributed by atoms with Crippen molar-refractivity contribution in [3.05, 3.63) is 53.2 Å². The van der Waals surface area contributed by atoms with Gasteiger partial charge in [-0.05, 0) is 49.2 Å². The highest BCUT2D eigenvalue weighted by atomic mass is 32.2. The van der Waals surface area contributed by atoms with E-state index in [4.69, 9.17) is 5.11 Å². The van der Waals surface area contributed by atoms with E-state index >= 15 is 0 Å². The third kappa shape index (κ3) is 3.57. The van der Waals surface area contributed by atoms with Crippen LogP contribution in [-0.4, -0.2) is 24.5 Å². The van der Waals surface area contributed by atoms with Crippen molar-refractivity contribution in [2.45, 2.75) is 18.7 Å². The number of pyridine rings is 1. The molecule has 0 aliphatic heterocycles. The molecule has 0 fully saturated rings. The van der Waals surface area contributed by atoms with Crippen LogP contribution in [0.1, 0.15) is 21.5 Å². The fourth-order valence-corrected chi connectivity index (χ4v) is 3.06. The minimum absolute atomic E-state index is 0.00986. The number of carboxylic acids is 1. The van der Waals surface area contributed by atoms with Crippen LogP contribution in [0.3, 0.4) is 0 Å². The van der Waals surface area contributed by atoms with Gasteiger partial charge in [0.1, 0.15) is 5.82 Å². The zero-order valence-corrected chi connectivity index (χ0v) is 12.3. The molecule has 21 heavy (non-hydrogen) atoms. The van der Waals surface area contributed by atoms with E-state index in [1.54, 1.807) is 12.1 Å². The predicted octanol–water partition coefficient (Wildman–Crippen LogP) is 2.20. The summed E-state index contributed by atoms with van der Waals surface area (Å²) in [5.41, 5.74) is 1.67. The molecule has 2 rings (SSSR count). The largest absolute Gasteiger partial charge is 0.478 e. The number of hydrogen-bond donors (Lipinski definition) is 2. The number of aromatic carboxylic acids is 1. The third-order valence-corrected chi connectivity index (χ3v) is 4.09. The van der Waals surface area contributed by atoms with Gasteiger partial charge in [0.2, 0.25) is 0 Å². The lowest BCUT2D eigenvalue weighted by Crippen LogP contribution is -2.14. The van der Waals surface area contributed by atoms with Crippen LogP contribution in [-0.2, 0) is 10.0 Å². The Morgan fingerprint density at radius 3 is 2.24 bits per heavy atom. The van der Waals surface area contributed by atoms with Crippen LogP contribution in [0, 0.1) is 13.8 Å². The maximum Gasteiger partial charge on any atom is 0.337 e. The van der Waals surface area contributed by atoms with Crippen molar-refractivity contribution in [1.82, 2.24) is 4.98 Å². The third-order valence-electron chi connectivity index (χ3n) is 2.75. The first-order valence-corrected chi connectivity index (χ1v) is 7.57. The molecule has 0 amide bonds. The summed E-state index contributed by atoms with van der Waals surface area (Å²) in [6.07, 6.45) is 1.10. The number of benzene rings is 1. The molecule has 0 radical (unpaired) electrons. The van der Waals surface area contributed by atoms with Crippen LogP contribution in [0.25, 0.3) is 0 Å². The molecule has 0 bridgehead atoms. The van der Waals surface area contributed by atoms with Crippen molar-refractivity contribution < 1.29 is 18.3 Å². The molecule has 7 heteroatoms. The van der Waals surface area contributed by atoms with Crippen molar-refractivity contribution in [2.24, 2.45) is 0 Å². The van der Waals surface area contributed by atoms with Crippen LogP contribution in [0.4, 0.5) is 5.82 Å². The zero-order chi connectivity index (χ0) is 15.6. The lowest BCUT2D eigenvalue weighted by molar-refractivity contribution is 0.0696. The van der Waals surface area contributed by atoms with Crippen LogP contribution >= 0.6 is 0 Å². The summed E-state index contributed by atoms with van der Waals surface area (Å²) in [5.74, 6) is -1.05. The Morgan fingerprint density at radius 2 is 1.76 bits per heavy atom. The molecular formula is C14H14N2O4S. The summed E-state index contributed by atoms with van der Waals surface area (Å²) in [6, 6.07) is 7.58. The van der Waals surface area contributed by atoms with Gasteiger partial charge in [0.05, 0.1) is 10.5 Å². The lowest BCUT2D eigenvalue weighted by atomic mass is 10.2. The molecular weight excluding hydrogens is 292 g/mol. The summed E-state index contributed by atoms with van der Waals surface area (Å²) in [6.45, 7) is 3.62. The van der Waals surface area contributed by atoms with Gasteiger partial charge in [0.25, 0.3) is 10.0 Å². The Morgan fingerprint density at radius 1 is 1.14 bits per heavy atom. The van der Waals surface area contributed by atoms with E-state index in [-0.39, 0.29) is 16.3 Å². The average molecular weight is 306 g/mol. The number of nitrogens with zero attached hydrogens (tertiary/aromatic N) is 1. The molecule has 0 spiro atoms. The average Bonchev–Trinajstić information content (AvgIpc) is 2.37. The Hall–Kier alpha value is -2.41. The van der Waals surface area contributed by atoms with Gasteiger partial charge in [-0.1, -0.05) is 6.07 Å². The van der Waals surface area contributed by atoms with Crippen molar-refractivity contribution in [3.63, 3.8) is 0 Å². The lowest BCUT2D eigenvalue weighted by Gasteiger charge is -2.09. The highest BCUT2D eigenvalue weighted by molar-refractivity contribution is 7.92. The molecule has 6 nitrogen and oxygen atoms in total. The Balaban J connectivity index is 2.30. The van der Waals surface area contributed by atoms with Gasteiger partial charge < -0.3 is 5.11 Å². The maximum absolute atomic E-state index is 12.3. The number of nitrogens with one attached hydrogen (secondary N) is 1. The summed E-state index contributed by atoms with van der Waals surface area (Å²) in [5, 5.41) is 8.77. The van der Waals surface area contributed by atoms with Gasteiger partial charge in [-0.25, -0.2) is 18.2 Å². The van der Waals surface area contributed by atoms with Gasteiger partial charge in [-0.2, -0.15) is 0 Å². The Labute approximate surface area is 122 Å². The fourth-order valence-electron chi connectivity index (χ4n) is 1.87. The van der Waals surface area contributed by atoms with Gasteiger partial charge in [-0.15, -0.1) is 0 Å². The molecule has 2 N–H and O–H groups in total. The van der Waals surface area contributed by atoms with E-state index in [0.717, 1.165) is 17.3 Å². The van der Waals surface area contributed by atoms with Crippen LogP contribution in [0.2, 0.25) is 0 Å². The monoisotopic (exact) mass is 306 g/mol. The van der Waals surface area contributed by atoms with Crippen LogP contribution < -0.4 is 4.72 Å². The highest BCUT2D eigenvalue weighted by Crippen LogP contribution is 2.17. The van der Waals surface area contributed by atoms with Crippen LogP contribution in [0.15, 0.2) is 41.4 Å². The van der Waals surface area contributed by atoms with Crippen LogP contribution in [0.5, 0.6) is 0 Å². The number of sulfonamides is 1. The molecule has 2 aromatic rings. The molecule has 0 saturated heterocycles. The van der Waals surface area contributed by atoms with Crippen molar-refractivity contribution in [1.29, 1.82) is 0 Å². The number of aryl methyl sites for hydroxylation is 2. The van der Waals surface area contributed by atoms with E-state index in [9.17, 15) is 13.2 Å². The fraction of sp³-hybridized carbons (Fsp3) is 0.143. The SMILES string of the molecule is Cc1cc(C)cc(S(=O)(=O)Nc2ccc(C(=O)O)cn2)c1. The summed E-state index contributed by atoms with van der Waals surface area (Å²) in [7, 11) is -3.75. The Bertz CT molecular complexity index is 763. The van der Waals surface area contributed by atoms with E-state index in [1.165, 1.54) is 12.1 Å². The van der Waals surface area contributed by atoms with Gasteiger partial charge in [0, 0.05) is 6.20 Å². The second-order valence-corrected chi connectivity index (χ2v) is 6.35. The first-order valence-electron chi connectivity index (χ1n) is 6.08. The van der Waals surface area contributed by atoms with E-state index in [0.29, 0.717) is 0 Å². The van der Waals surface area contributed by atoms with Crippen molar-refractivity contribution in [2.75, 3.05) is 4.72 Å². The standard InChI is InChI=1S/C14H14N2O4S/c1-9-5-10(2)7-12(6-9)21(19,20)16-13-4-3-11(8-15-13)14(17)18/h3-8H,1-2H3,(H,15,16)(H,17,18). The molecule has 0 aliphatic carbocycles. The molecule has 0 aliphatic rings. The van der Waals surface area contributed by atoms with Gasteiger partial charge in [-0.3, -0.25) is 4.72 Å². The minimum Gasteiger partial charge on any atom is -0.478 e. The normalized spacial score (nSPS) is 11.1. The Kier molecular flexibility index (Phi) is 3.95. The smallest absolute Gasteiger partial charge is 0.337 e. The summed E-state index contributed by atoms with van der Waals surface area (Å²) >= 11 is 0. The topological polar surface area (TPSA) is 96.4 Å². The molecule has 110 valence electrons. The number of rotatable bonds is 4.